The number of nitrogens with one attached hydrogen (secondary N) is 1. The predicted octanol–water partition coefficient (Wildman–Crippen LogP) is 3.96. The zero-order chi connectivity index (χ0) is 13.1. The topological polar surface area (TPSA) is 37.8 Å². The van der Waals surface area contributed by atoms with Crippen LogP contribution < -0.4 is 5.32 Å². The first-order valence-corrected chi connectivity index (χ1v) is 6.30. The van der Waals surface area contributed by atoms with Crippen LogP contribution in [0.1, 0.15) is 25.5 Å². The van der Waals surface area contributed by atoms with Gasteiger partial charge in [-0.2, -0.15) is 0 Å². The minimum atomic E-state index is 0.359. The Hall–Kier alpha value is -1.61. The van der Waals surface area contributed by atoms with Gasteiger partial charge in [0.05, 0.1) is 0 Å². The standard InChI is InChI=1S/C14H16ClN3/c1-9(2)12-8-13(16-3)18-14(17-12)10-5-4-6-11(15)7-10/h4-9H,1-3H3,(H,16,17,18). The minimum absolute atomic E-state index is 0.359. The smallest absolute Gasteiger partial charge is 0.161 e. The summed E-state index contributed by atoms with van der Waals surface area (Å²) in [4.78, 5) is 9.05. The van der Waals surface area contributed by atoms with E-state index in [0.717, 1.165) is 17.1 Å². The molecular weight excluding hydrogens is 246 g/mol. The fourth-order valence-electron chi connectivity index (χ4n) is 1.65. The van der Waals surface area contributed by atoms with Crippen molar-refractivity contribution in [2.24, 2.45) is 0 Å². The van der Waals surface area contributed by atoms with Crippen LogP contribution in [0, 0.1) is 0 Å². The highest BCUT2D eigenvalue weighted by Gasteiger charge is 2.09. The van der Waals surface area contributed by atoms with E-state index in [2.05, 4.69) is 29.1 Å². The Labute approximate surface area is 112 Å². The first kappa shape index (κ1) is 12.8. The van der Waals surface area contributed by atoms with Crippen LogP contribution in [0.2, 0.25) is 5.02 Å². The fourth-order valence-corrected chi connectivity index (χ4v) is 1.84. The van der Waals surface area contributed by atoms with Crippen LogP contribution in [-0.4, -0.2) is 17.0 Å². The van der Waals surface area contributed by atoms with Crippen LogP contribution in [0.5, 0.6) is 0 Å². The van der Waals surface area contributed by atoms with E-state index in [-0.39, 0.29) is 0 Å². The van der Waals surface area contributed by atoms with E-state index in [4.69, 9.17) is 11.6 Å². The van der Waals surface area contributed by atoms with Gasteiger partial charge in [0.15, 0.2) is 5.82 Å². The molecule has 0 fully saturated rings. The van der Waals surface area contributed by atoms with Gasteiger partial charge in [-0.15, -0.1) is 0 Å². The molecule has 0 aliphatic carbocycles. The van der Waals surface area contributed by atoms with Crippen LogP contribution in [0.15, 0.2) is 30.3 Å². The molecule has 0 saturated carbocycles. The van der Waals surface area contributed by atoms with Gasteiger partial charge in [-0.25, -0.2) is 9.97 Å². The maximum atomic E-state index is 6.00. The van der Waals surface area contributed by atoms with Crippen molar-refractivity contribution >= 4 is 17.4 Å². The molecule has 94 valence electrons. The van der Waals surface area contributed by atoms with Gasteiger partial charge in [0.25, 0.3) is 0 Å². The average Bonchev–Trinajstić information content (AvgIpc) is 2.38. The number of hydrogen-bond donors (Lipinski definition) is 1. The average molecular weight is 262 g/mol. The van der Waals surface area contributed by atoms with E-state index in [9.17, 15) is 0 Å². The molecule has 2 aromatic rings. The molecule has 0 atom stereocenters. The van der Waals surface area contributed by atoms with Gasteiger partial charge in [0, 0.05) is 29.4 Å². The second-order valence-electron chi connectivity index (χ2n) is 4.42. The highest BCUT2D eigenvalue weighted by molar-refractivity contribution is 6.30. The Bertz CT molecular complexity index is 552. The first-order chi connectivity index (χ1) is 8.60. The summed E-state index contributed by atoms with van der Waals surface area (Å²) in [7, 11) is 1.86. The number of nitrogens with zero attached hydrogens (tertiary/aromatic N) is 2. The maximum absolute atomic E-state index is 6.00. The van der Waals surface area contributed by atoms with Gasteiger partial charge in [0.1, 0.15) is 5.82 Å². The molecule has 3 nitrogen and oxygen atoms in total. The minimum Gasteiger partial charge on any atom is -0.373 e. The highest BCUT2D eigenvalue weighted by Crippen LogP contribution is 2.23. The third-order valence-electron chi connectivity index (χ3n) is 2.68. The van der Waals surface area contributed by atoms with Gasteiger partial charge in [-0.3, -0.25) is 0 Å². The van der Waals surface area contributed by atoms with E-state index in [1.807, 2.05) is 37.4 Å². The zero-order valence-corrected chi connectivity index (χ0v) is 11.5. The summed E-state index contributed by atoms with van der Waals surface area (Å²) in [6.07, 6.45) is 0. The van der Waals surface area contributed by atoms with Gasteiger partial charge in [0.2, 0.25) is 0 Å². The molecule has 18 heavy (non-hydrogen) atoms. The number of aromatic nitrogens is 2. The zero-order valence-electron chi connectivity index (χ0n) is 10.7. The lowest BCUT2D eigenvalue weighted by molar-refractivity contribution is 0.817. The van der Waals surface area contributed by atoms with Crippen LogP contribution in [0.25, 0.3) is 11.4 Å². The molecule has 0 aliphatic heterocycles. The summed E-state index contributed by atoms with van der Waals surface area (Å²) in [5.41, 5.74) is 1.95. The van der Waals surface area contributed by atoms with E-state index in [0.29, 0.717) is 16.8 Å². The fraction of sp³-hybridized carbons (Fsp3) is 0.286. The molecule has 0 radical (unpaired) electrons. The van der Waals surface area contributed by atoms with E-state index in [1.54, 1.807) is 0 Å². The number of halogens is 1. The quantitative estimate of drug-likeness (QED) is 0.909. The van der Waals surface area contributed by atoms with Crippen molar-refractivity contribution in [2.45, 2.75) is 19.8 Å². The van der Waals surface area contributed by atoms with E-state index in [1.165, 1.54) is 0 Å². The van der Waals surface area contributed by atoms with Crippen molar-refractivity contribution in [3.05, 3.63) is 41.0 Å². The van der Waals surface area contributed by atoms with E-state index < -0.39 is 0 Å². The lowest BCUT2D eigenvalue weighted by Gasteiger charge is -2.10. The highest BCUT2D eigenvalue weighted by atomic mass is 35.5. The molecular formula is C14H16ClN3. The normalized spacial score (nSPS) is 10.7. The number of benzene rings is 1. The second kappa shape index (κ2) is 5.36. The molecule has 0 spiro atoms. The van der Waals surface area contributed by atoms with Gasteiger partial charge in [-0.05, 0) is 18.1 Å². The Kier molecular flexibility index (Phi) is 3.82. The SMILES string of the molecule is CNc1cc(C(C)C)nc(-c2cccc(Cl)c2)n1. The van der Waals surface area contributed by atoms with E-state index >= 15 is 0 Å². The van der Waals surface area contributed by atoms with Gasteiger partial charge >= 0.3 is 0 Å². The molecule has 0 saturated heterocycles. The number of rotatable bonds is 3. The first-order valence-electron chi connectivity index (χ1n) is 5.93. The molecule has 1 aromatic heterocycles. The van der Waals surface area contributed by atoms with Crippen molar-refractivity contribution in [3.8, 4) is 11.4 Å². The molecule has 1 N–H and O–H groups in total. The molecule has 0 aliphatic rings. The Morgan fingerprint density at radius 2 is 1.94 bits per heavy atom. The summed E-state index contributed by atoms with van der Waals surface area (Å²) >= 11 is 6.00. The molecule has 0 bridgehead atoms. The molecule has 1 aromatic carbocycles. The molecule has 0 amide bonds. The van der Waals surface area contributed by atoms with Gasteiger partial charge < -0.3 is 5.32 Å². The summed E-state index contributed by atoms with van der Waals surface area (Å²) in [5, 5.41) is 3.75. The van der Waals surface area contributed by atoms with Gasteiger partial charge in [-0.1, -0.05) is 37.6 Å². The third kappa shape index (κ3) is 2.79. The summed E-state index contributed by atoms with van der Waals surface area (Å²) in [5.74, 6) is 1.88. The predicted molar refractivity (Wildman–Crippen MR) is 76.1 cm³/mol. The Balaban J connectivity index is 2.53. The number of hydrogen-bond acceptors (Lipinski definition) is 3. The van der Waals surface area contributed by atoms with Crippen molar-refractivity contribution in [1.82, 2.24) is 9.97 Å². The van der Waals surface area contributed by atoms with Crippen molar-refractivity contribution in [1.29, 1.82) is 0 Å². The second-order valence-corrected chi connectivity index (χ2v) is 4.85. The van der Waals surface area contributed by atoms with Crippen molar-refractivity contribution < 1.29 is 0 Å². The molecule has 4 heteroatoms. The maximum Gasteiger partial charge on any atom is 0.161 e. The van der Waals surface area contributed by atoms with Crippen LogP contribution in [0.4, 0.5) is 5.82 Å². The summed E-state index contributed by atoms with van der Waals surface area (Å²) < 4.78 is 0. The molecule has 2 rings (SSSR count). The Morgan fingerprint density at radius 3 is 2.56 bits per heavy atom. The van der Waals surface area contributed by atoms with Crippen molar-refractivity contribution in [3.63, 3.8) is 0 Å². The summed E-state index contributed by atoms with van der Waals surface area (Å²) in [6, 6.07) is 9.56. The largest absolute Gasteiger partial charge is 0.373 e. The Morgan fingerprint density at radius 1 is 1.17 bits per heavy atom. The molecule has 1 heterocycles. The summed E-state index contributed by atoms with van der Waals surface area (Å²) in [6.45, 7) is 4.23. The van der Waals surface area contributed by atoms with Crippen LogP contribution in [-0.2, 0) is 0 Å². The van der Waals surface area contributed by atoms with Crippen molar-refractivity contribution in [2.75, 3.05) is 12.4 Å². The lowest BCUT2D eigenvalue weighted by Crippen LogP contribution is -2.02. The van der Waals surface area contributed by atoms with Crippen LogP contribution in [0.3, 0.4) is 0 Å². The third-order valence-corrected chi connectivity index (χ3v) is 2.91. The number of anilines is 1. The molecule has 0 unspecified atom stereocenters. The lowest BCUT2D eigenvalue weighted by atomic mass is 10.1. The van der Waals surface area contributed by atoms with Crippen LogP contribution >= 0.6 is 11.6 Å². The monoisotopic (exact) mass is 261 g/mol.